The van der Waals surface area contributed by atoms with Crippen molar-refractivity contribution in [3.63, 3.8) is 0 Å². The molecule has 9 heteroatoms. The van der Waals surface area contributed by atoms with Gasteiger partial charge >= 0.3 is 0 Å². The first-order valence-corrected chi connectivity index (χ1v) is 8.84. The van der Waals surface area contributed by atoms with Crippen LogP contribution < -0.4 is 9.91 Å². The van der Waals surface area contributed by atoms with E-state index in [4.69, 9.17) is 0 Å². The van der Waals surface area contributed by atoms with Crippen LogP contribution in [0, 0.1) is 31.3 Å². The second kappa shape index (κ2) is 7.69. The number of pyridine rings is 1. The number of aryl methyl sites for hydroxylation is 2. The number of benzene rings is 1. The van der Waals surface area contributed by atoms with Crippen LogP contribution in [0.3, 0.4) is 0 Å². The Hall–Kier alpha value is -2.78. The summed E-state index contributed by atoms with van der Waals surface area (Å²) in [7, 11) is 0. The molecule has 0 saturated carbocycles. The summed E-state index contributed by atoms with van der Waals surface area (Å²) in [4.78, 5) is 8.76. The molecule has 0 amide bonds. The molecule has 0 aliphatic carbocycles. The smallest absolute Gasteiger partial charge is 0.286 e. The summed E-state index contributed by atoms with van der Waals surface area (Å²) in [5.41, 5.74) is 2.12. The number of nitrogens with zero attached hydrogens (tertiary/aromatic N) is 4. The molecule has 0 bridgehead atoms. The standard InChI is InChI=1S/C19H21F3N5O/c1-4-27(13-9-11(2)23-12(3)10-13)16(7-8-28)25-19(26-27)24-15-6-5-14(20)17(21)18(15)22/h5-6,9-10,28H,4,7-8H2,1-3H3,(H,24,26)/q+1/t27-/m0/s1. The van der Waals surface area contributed by atoms with Gasteiger partial charge in [0.25, 0.3) is 5.96 Å². The number of quaternary nitrogens is 1. The summed E-state index contributed by atoms with van der Waals surface area (Å²) in [5.74, 6) is -3.61. The number of halogens is 3. The van der Waals surface area contributed by atoms with Crippen LogP contribution in [0.25, 0.3) is 0 Å². The van der Waals surface area contributed by atoms with E-state index in [-0.39, 0.29) is 29.3 Å². The van der Waals surface area contributed by atoms with Gasteiger partial charge in [0.05, 0.1) is 18.7 Å². The van der Waals surface area contributed by atoms with Crippen molar-refractivity contribution in [2.45, 2.75) is 27.2 Å². The van der Waals surface area contributed by atoms with Crippen molar-refractivity contribution in [2.24, 2.45) is 10.1 Å². The fraction of sp³-hybridized carbons (Fsp3) is 0.316. The first-order chi connectivity index (χ1) is 13.3. The van der Waals surface area contributed by atoms with E-state index in [1.54, 1.807) is 0 Å². The van der Waals surface area contributed by atoms with Crippen LogP contribution >= 0.6 is 0 Å². The molecule has 1 aromatic heterocycles. The van der Waals surface area contributed by atoms with E-state index in [0.29, 0.717) is 12.4 Å². The van der Waals surface area contributed by atoms with Crippen molar-refractivity contribution >= 4 is 23.2 Å². The van der Waals surface area contributed by atoms with Gasteiger partial charge in [0.15, 0.2) is 23.1 Å². The van der Waals surface area contributed by atoms with Crippen molar-refractivity contribution in [1.29, 1.82) is 0 Å². The molecule has 6 nitrogen and oxygen atoms in total. The van der Waals surface area contributed by atoms with Gasteiger partial charge in [-0.3, -0.25) is 4.98 Å². The molecule has 28 heavy (non-hydrogen) atoms. The van der Waals surface area contributed by atoms with Crippen molar-refractivity contribution < 1.29 is 18.3 Å². The van der Waals surface area contributed by atoms with Crippen molar-refractivity contribution in [2.75, 3.05) is 18.5 Å². The van der Waals surface area contributed by atoms with Gasteiger partial charge in [0, 0.05) is 23.5 Å². The van der Waals surface area contributed by atoms with Gasteiger partial charge < -0.3 is 10.4 Å². The molecular formula is C19H21F3N5O+. The molecule has 0 saturated heterocycles. The number of anilines is 1. The minimum Gasteiger partial charge on any atom is -0.396 e. The summed E-state index contributed by atoms with van der Waals surface area (Å²) in [5, 5.41) is 16.7. The summed E-state index contributed by atoms with van der Waals surface area (Å²) in [6.45, 7) is 5.96. The Labute approximate surface area is 160 Å². The molecule has 1 aliphatic rings. The van der Waals surface area contributed by atoms with E-state index in [1.807, 2.05) is 32.9 Å². The van der Waals surface area contributed by atoms with E-state index < -0.39 is 17.5 Å². The Kier molecular flexibility index (Phi) is 5.48. The SMILES string of the molecule is CC[N@@+]1(c2cc(C)nc(C)c2)N=C(Nc2ccc(F)c(F)c2F)N=C1CCO. The highest BCUT2D eigenvalue weighted by molar-refractivity contribution is 6.10. The van der Waals surface area contributed by atoms with Gasteiger partial charge in [-0.2, -0.15) is 4.99 Å². The first kappa shape index (κ1) is 20.0. The Balaban J connectivity index is 2.07. The third-order valence-corrected chi connectivity index (χ3v) is 4.50. The minimum atomic E-state index is -1.57. The van der Waals surface area contributed by atoms with Crippen LogP contribution in [-0.4, -0.2) is 35.0 Å². The molecule has 2 N–H and O–H groups in total. The van der Waals surface area contributed by atoms with E-state index in [2.05, 4.69) is 20.4 Å². The fourth-order valence-electron chi connectivity index (χ4n) is 3.25. The molecule has 1 aromatic carbocycles. The molecule has 1 atom stereocenters. The number of nitrogens with one attached hydrogen (secondary N) is 1. The molecule has 0 unspecified atom stereocenters. The van der Waals surface area contributed by atoms with Crippen LogP contribution in [0.15, 0.2) is 34.4 Å². The molecular weight excluding hydrogens is 371 g/mol. The lowest BCUT2D eigenvalue weighted by atomic mass is 10.2. The van der Waals surface area contributed by atoms with Gasteiger partial charge in [-0.25, -0.2) is 13.2 Å². The summed E-state index contributed by atoms with van der Waals surface area (Å²) in [6.07, 6.45) is 0.239. The lowest BCUT2D eigenvalue weighted by molar-refractivity contribution is 0.300. The Morgan fingerprint density at radius 3 is 2.36 bits per heavy atom. The zero-order valence-electron chi connectivity index (χ0n) is 15.8. The Morgan fingerprint density at radius 2 is 1.75 bits per heavy atom. The Bertz CT molecular complexity index is 956. The van der Waals surface area contributed by atoms with Crippen molar-refractivity contribution in [3.8, 4) is 0 Å². The number of aliphatic imine (C=N–C) groups is 1. The zero-order valence-corrected chi connectivity index (χ0v) is 15.8. The predicted octanol–water partition coefficient (Wildman–Crippen LogP) is 3.62. The number of aliphatic hydroxyl groups is 1. The van der Waals surface area contributed by atoms with Gasteiger partial charge in [0.2, 0.25) is 5.84 Å². The molecule has 2 heterocycles. The lowest BCUT2D eigenvalue weighted by Crippen LogP contribution is -2.48. The molecule has 0 radical (unpaired) electrons. The van der Waals surface area contributed by atoms with E-state index >= 15 is 0 Å². The number of aromatic nitrogens is 1. The number of aliphatic hydroxyl groups excluding tert-OH is 1. The number of guanidine groups is 1. The normalized spacial score (nSPS) is 18.8. The molecule has 0 fully saturated rings. The van der Waals surface area contributed by atoms with Crippen LogP contribution in [0.4, 0.5) is 24.5 Å². The highest BCUT2D eigenvalue weighted by Crippen LogP contribution is 2.31. The van der Waals surface area contributed by atoms with E-state index in [1.165, 1.54) is 0 Å². The first-order valence-electron chi connectivity index (χ1n) is 8.84. The zero-order chi connectivity index (χ0) is 20.5. The quantitative estimate of drug-likeness (QED) is 0.603. The molecule has 2 aromatic rings. The molecule has 3 rings (SSSR count). The van der Waals surface area contributed by atoms with Crippen LogP contribution in [0.2, 0.25) is 0 Å². The molecule has 1 aliphatic heterocycles. The maximum Gasteiger partial charge on any atom is 0.286 e. The summed E-state index contributed by atoms with van der Waals surface area (Å²) >= 11 is 0. The number of rotatable bonds is 5. The fourth-order valence-corrected chi connectivity index (χ4v) is 3.25. The van der Waals surface area contributed by atoms with Crippen molar-refractivity contribution in [1.82, 2.24) is 9.58 Å². The summed E-state index contributed by atoms with van der Waals surface area (Å²) in [6, 6.07) is 5.64. The van der Waals surface area contributed by atoms with Gasteiger partial charge in [-0.05, 0) is 38.0 Å². The average molecular weight is 392 g/mol. The van der Waals surface area contributed by atoms with Gasteiger partial charge in [-0.1, -0.05) is 0 Å². The second-order valence-electron chi connectivity index (χ2n) is 6.47. The number of hydrogen-bond acceptors (Lipinski definition) is 5. The monoisotopic (exact) mass is 392 g/mol. The van der Waals surface area contributed by atoms with Crippen LogP contribution in [-0.2, 0) is 0 Å². The number of hydrogen-bond donors (Lipinski definition) is 2. The minimum absolute atomic E-state index is 0.0294. The maximum absolute atomic E-state index is 14.0. The predicted molar refractivity (Wildman–Crippen MR) is 103 cm³/mol. The highest BCUT2D eigenvalue weighted by Gasteiger charge is 2.42. The lowest BCUT2D eigenvalue weighted by Gasteiger charge is -2.27. The topological polar surface area (TPSA) is 69.9 Å². The third kappa shape index (κ3) is 3.50. The van der Waals surface area contributed by atoms with Crippen LogP contribution in [0.1, 0.15) is 24.7 Å². The van der Waals surface area contributed by atoms with Gasteiger partial charge in [0.1, 0.15) is 6.54 Å². The van der Waals surface area contributed by atoms with Crippen molar-refractivity contribution in [3.05, 3.63) is 53.1 Å². The van der Waals surface area contributed by atoms with Gasteiger partial charge in [-0.15, -0.1) is 4.59 Å². The largest absolute Gasteiger partial charge is 0.396 e. The van der Waals surface area contributed by atoms with E-state index in [9.17, 15) is 18.3 Å². The molecule has 0 spiro atoms. The summed E-state index contributed by atoms with van der Waals surface area (Å²) < 4.78 is 40.7. The second-order valence-corrected chi connectivity index (χ2v) is 6.47. The maximum atomic E-state index is 14.0. The average Bonchev–Trinajstić information content (AvgIpc) is 3.00. The number of amidine groups is 1. The molecule has 148 valence electrons. The third-order valence-electron chi connectivity index (χ3n) is 4.50. The highest BCUT2D eigenvalue weighted by atomic mass is 19.2. The Morgan fingerprint density at radius 1 is 1.07 bits per heavy atom. The van der Waals surface area contributed by atoms with E-state index in [0.717, 1.165) is 29.2 Å². The van der Waals surface area contributed by atoms with Crippen LogP contribution in [0.5, 0.6) is 0 Å².